The number of carboxylic acid groups (broad SMARTS) is 5. The van der Waals surface area contributed by atoms with E-state index in [-0.39, 0.29) is 27.8 Å². The second-order valence-electron chi connectivity index (χ2n) is 34.3. The monoisotopic (exact) mass is 1860 g/mol. The molecule has 2 aliphatic rings. The van der Waals surface area contributed by atoms with E-state index < -0.39 is 53.7 Å². The summed E-state index contributed by atoms with van der Waals surface area (Å²) in [5, 5.41) is 67.2. The number of aliphatic carboxylic acids is 4. The zero-order valence-electron chi connectivity index (χ0n) is 73.9. The molecular formula is C111H64N10O20. The Hall–Kier alpha value is -19.9. The van der Waals surface area contributed by atoms with Crippen LogP contribution in [0.4, 0.5) is 11.4 Å². The number of carbonyl (C=O) groups excluding carboxylic acids is 4. The molecule has 30 nitrogen and oxygen atoms in total. The van der Waals surface area contributed by atoms with Crippen LogP contribution < -0.4 is 33.7 Å². The highest BCUT2D eigenvalue weighted by Gasteiger charge is 2.35. The number of carbonyl (C=O) groups is 9. The number of nitrogen functional groups attached to an aromatic ring is 2. The lowest BCUT2D eigenvalue weighted by atomic mass is 9.83. The van der Waals surface area contributed by atoms with E-state index in [1.54, 1.807) is 41.9 Å². The molecule has 0 amide bonds. The first-order valence-corrected chi connectivity index (χ1v) is 43.9. The molecule has 0 saturated carbocycles. The zero-order chi connectivity index (χ0) is 97.9. The van der Waals surface area contributed by atoms with Crippen molar-refractivity contribution in [1.29, 1.82) is 0 Å². The van der Waals surface area contributed by atoms with Crippen molar-refractivity contribution in [2.24, 2.45) is 0 Å². The van der Waals surface area contributed by atoms with Gasteiger partial charge in [-0.05, 0) is 236 Å². The zero-order valence-corrected chi connectivity index (χ0v) is 73.9. The molecule has 28 aromatic rings. The number of nitrogens with two attached hydrogens (primary N) is 2. The maximum absolute atomic E-state index is 14.0. The number of benzene rings is 20. The Bertz CT molecular complexity index is 9640. The van der Waals surface area contributed by atoms with Crippen LogP contribution >= 0.6 is 0 Å². The number of fused-ring (bicyclic) bond motifs is 22. The lowest BCUT2D eigenvalue weighted by Crippen LogP contribution is -2.20. The molecule has 0 fully saturated rings. The predicted octanol–water partition coefficient (Wildman–Crippen LogP) is 19.8. The number of imidazole rings is 4. The van der Waals surface area contributed by atoms with Crippen LogP contribution in [-0.4, -0.2) is 117 Å². The van der Waals surface area contributed by atoms with E-state index in [1.165, 1.54) is 18.2 Å². The molecule has 9 N–H and O–H groups in total. The van der Waals surface area contributed by atoms with E-state index >= 15 is 0 Å². The third kappa shape index (κ3) is 12.6. The maximum Gasteiger partial charge on any atom is 0.346 e. The van der Waals surface area contributed by atoms with E-state index in [0.717, 1.165) is 212 Å². The van der Waals surface area contributed by atoms with Crippen molar-refractivity contribution in [3.8, 4) is 0 Å². The highest BCUT2D eigenvalue weighted by atomic mass is 16.6. The van der Waals surface area contributed by atoms with Crippen molar-refractivity contribution in [3.05, 3.63) is 330 Å². The number of para-hydroxylation sites is 8. The van der Waals surface area contributed by atoms with Crippen molar-refractivity contribution < 1.29 is 78.2 Å². The van der Waals surface area contributed by atoms with Gasteiger partial charge in [-0.25, -0.2) is 43.9 Å². The van der Waals surface area contributed by atoms with Gasteiger partial charge in [-0.1, -0.05) is 121 Å². The highest BCUT2D eigenvalue weighted by Crippen LogP contribution is 2.51. The SMILES string of the molecule is CC(=O)O.CC(=O)O.CC(=O)O.CC(=O)O.Nc1ccc(C(=O)O)cc1N.O=C1OC(=O)c2ccc3c4ccc5c6c(ccc(c7ccc1c2c73)c64)C(=O)OC5=O.O=c1c2ccc3c4ccc5c(=O)n6c7ccccc7nc6c6ccc(c7ccc(c2c37)c2nc3ccccc3n12)c4c56.O=c1c2ccc3c4ccc5c6c(ccc(c7ccc(c2c37)c2nc3ccccc3n12)c46)c(=O)n1c2ccccc2nc51. The molecule has 141 heavy (non-hydrogen) atoms. The van der Waals surface area contributed by atoms with Crippen LogP contribution in [0.3, 0.4) is 0 Å². The molecule has 2 aliphatic heterocycles. The summed E-state index contributed by atoms with van der Waals surface area (Å²) in [6.07, 6.45) is 0. The van der Waals surface area contributed by atoms with Crippen LogP contribution in [0.1, 0.15) is 79.5 Å². The molecular weight excluding hydrogens is 1790 g/mol. The third-order valence-electron chi connectivity index (χ3n) is 26.2. The molecule has 0 bridgehead atoms. The van der Waals surface area contributed by atoms with Gasteiger partial charge in [-0.3, -0.25) is 56.0 Å². The number of cyclic esters (lactones) is 4. The number of aromatic nitrogens is 8. The standard InChI is InChI=1S/2C36H16N4O2.C24H8O6.C7H8N2O2.4C2H4O2/c41-35-23-15-11-19-18-10-14-22-32-24(36(42)40-28-8-4-2-6-26(28)38-34(22)40)16-12-20(30(18)32)17-9-13-21(31(23)29(17)19)33-37-25-5-1-3-7-27(25)39(33)35;41-35-23-15-11-19-20-12-16-24-32-22(34-38-26-6-2-4-8-28(26)40(34)36(24)42)14-10-18(30(20)32)17-9-13-21(31(23)29(17)19)33-37-25-5-1-3-7-27(25)39(33)35;25-21-13-5-1-9-10-2-6-15-20-16(24(28)30-23(15)27)8-4-12(18(10)20)11-3-7-14(22(26)29-21)19(13)17(9)11;8-5-2-1-4(7(10)11)3-6(5)9;4*1-2(3)4/h2*1-16H;1-8H;1-3H,8-9H2,(H,10,11);4*1H3,(H,3,4). The van der Waals surface area contributed by atoms with Crippen molar-refractivity contribution in [3.63, 3.8) is 0 Å². The molecule has 10 heterocycles. The quantitative estimate of drug-likeness (QED) is 0.0264. The summed E-state index contributed by atoms with van der Waals surface area (Å²) in [7, 11) is 0. The Kier molecular flexibility index (Phi) is 19.0. The number of nitrogens with zero attached hydrogens (tertiary/aromatic N) is 8. The Morgan fingerprint density at radius 2 is 0.418 bits per heavy atom. The third-order valence-corrected chi connectivity index (χ3v) is 26.2. The summed E-state index contributed by atoms with van der Waals surface area (Å²) < 4.78 is 16.7. The molecule has 20 aromatic carbocycles. The average molecular weight is 1860 g/mol. The first-order chi connectivity index (χ1) is 68.0. The highest BCUT2D eigenvalue weighted by molar-refractivity contribution is 6.44. The fourth-order valence-corrected chi connectivity index (χ4v) is 21.0. The van der Waals surface area contributed by atoms with Gasteiger partial charge in [0.15, 0.2) is 0 Å². The average Bonchev–Trinajstić information content (AvgIpc) is 1.68. The van der Waals surface area contributed by atoms with Gasteiger partial charge in [0.1, 0.15) is 22.6 Å². The number of hydrogen-bond donors (Lipinski definition) is 7. The number of anilines is 2. The van der Waals surface area contributed by atoms with E-state index in [1.807, 2.05) is 146 Å². The largest absolute Gasteiger partial charge is 0.481 e. The molecule has 678 valence electrons. The van der Waals surface area contributed by atoms with Crippen molar-refractivity contribution >= 4 is 304 Å². The van der Waals surface area contributed by atoms with Gasteiger partial charge >= 0.3 is 29.8 Å². The summed E-state index contributed by atoms with van der Waals surface area (Å²) in [5.74, 6) is -7.00. The van der Waals surface area contributed by atoms with Crippen molar-refractivity contribution in [1.82, 2.24) is 37.5 Å². The molecule has 0 spiro atoms. The van der Waals surface area contributed by atoms with E-state index in [9.17, 15) is 43.2 Å². The molecule has 0 saturated heterocycles. The van der Waals surface area contributed by atoms with Gasteiger partial charge in [-0.2, -0.15) is 0 Å². The summed E-state index contributed by atoms with van der Waals surface area (Å²) in [6, 6.07) is 82.3. The number of ether oxygens (including phenoxy) is 2. The fourth-order valence-electron chi connectivity index (χ4n) is 21.0. The Balaban J connectivity index is 0.000000105. The van der Waals surface area contributed by atoms with Crippen molar-refractivity contribution in [2.45, 2.75) is 27.7 Å². The molecule has 8 aromatic heterocycles. The lowest BCUT2D eigenvalue weighted by molar-refractivity contribution is -0.135. The number of rotatable bonds is 1. The molecule has 0 radical (unpaired) electrons. The first kappa shape index (κ1) is 85.3. The summed E-state index contributed by atoms with van der Waals surface area (Å²) in [5.41, 5.74) is 21.9. The van der Waals surface area contributed by atoms with E-state index in [0.29, 0.717) is 88.5 Å². The van der Waals surface area contributed by atoms with E-state index in [2.05, 4.69) is 72.8 Å². The molecule has 30 rings (SSSR count). The van der Waals surface area contributed by atoms with E-state index in [4.69, 9.17) is 85.6 Å². The molecule has 0 aliphatic carbocycles. The normalized spacial score (nSPS) is 12.5. The number of esters is 4. The van der Waals surface area contributed by atoms with Crippen LogP contribution in [0.5, 0.6) is 0 Å². The smallest absolute Gasteiger partial charge is 0.346 e. The van der Waals surface area contributed by atoms with Gasteiger partial charge in [0, 0.05) is 103 Å². The predicted molar refractivity (Wildman–Crippen MR) is 543 cm³/mol. The van der Waals surface area contributed by atoms with Crippen molar-refractivity contribution in [2.75, 3.05) is 11.5 Å². The van der Waals surface area contributed by atoms with Gasteiger partial charge in [0.25, 0.3) is 46.1 Å². The topological polar surface area (TPSA) is 463 Å². The van der Waals surface area contributed by atoms with Crippen LogP contribution in [-0.2, 0) is 28.7 Å². The second-order valence-corrected chi connectivity index (χ2v) is 34.3. The number of hydrogen-bond acceptors (Lipinski definition) is 21. The number of aromatic carboxylic acids is 1. The van der Waals surface area contributed by atoms with Crippen LogP contribution in [0.15, 0.2) is 280 Å². The first-order valence-electron chi connectivity index (χ1n) is 43.9. The Morgan fingerprint density at radius 1 is 0.234 bits per heavy atom. The van der Waals surface area contributed by atoms with Gasteiger partial charge in [0.05, 0.1) is 83.3 Å². The Labute approximate surface area is 784 Å². The number of carboxylic acids is 5. The summed E-state index contributed by atoms with van der Waals surface area (Å²) in [4.78, 5) is 171. The van der Waals surface area contributed by atoms with Gasteiger partial charge in [0.2, 0.25) is 0 Å². The minimum absolute atomic E-state index is 0.0598. The molecule has 0 unspecified atom stereocenters. The number of pyridine rings is 4. The lowest BCUT2D eigenvalue weighted by Gasteiger charge is -2.22. The van der Waals surface area contributed by atoms with Crippen LogP contribution in [0.2, 0.25) is 0 Å². The summed E-state index contributed by atoms with van der Waals surface area (Å²) in [6.45, 7) is 4.33. The van der Waals surface area contributed by atoms with Crippen LogP contribution in [0.25, 0.3) is 239 Å². The minimum atomic E-state index is -1.00. The molecule has 0 atom stereocenters. The Morgan fingerprint density at radius 3 is 0.631 bits per heavy atom. The minimum Gasteiger partial charge on any atom is -0.481 e. The maximum atomic E-state index is 14.0. The summed E-state index contributed by atoms with van der Waals surface area (Å²) >= 11 is 0. The van der Waals surface area contributed by atoms with Gasteiger partial charge in [-0.15, -0.1) is 0 Å². The van der Waals surface area contributed by atoms with Crippen LogP contribution in [0, 0.1) is 0 Å². The van der Waals surface area contributed by atoms with Gasteiger partial charge < -0.3 is 46.5 Å². The molecule has 30 heteroatoms. The second kappa shape index (κ2) is 31.3. The fraction of sp³-hybridized carbons (Fsp3) is 0.0360.